The molecule has 2 saturated carbocycles. The zero-order chi connectivity index (χ0) is 22.3. The van der Waals surface area contributed by atoms with Crippen LogP contribution in [-0.4, -0.2) is 75.5 Å². The van der Waals surface area contributed by atoms with Gasteiger partial charge in [0.15, 0.2) is 0 Å². The summed E-state index contributed by atoms with van der Waals surface area (Å²) in [5.41, 5.74) is 11.3. The van der Waals surface area contributed by atoms with Crippen LogP contribution >= 0.6 is 0 Å². The average molecular weight is 434 g/mol. The summed E-state index contributed by atoms with van der Waals surface area (Å²) in [4.78, 5) is 43.6. The second kappa shape index (κ2) is 8.43. The third-order valence-corrected chi connectivity index (χ3v) is 7.78. The Hall–Kier alpha value is -2.13. The normalized spacial score (nSPS) is 34.6. The number of unbranched alkanes of at least 4 members (excludes halogenated alkanes) is 1. The molecular formula is C22H35N5O4. The third-order valence-electron chi connectivity index (χ3n) is 7.78. The number of imide groups is 2. The lowest BCUT2D eigenvalue weighted by Gasteiger charge is -2.55. The second-order valence-electron chi connectivity index (χ2n) is 9.83. The summed E-state index contributed by atoms with van der Waals surface area (Å²) >= 11 is 0. The molecule has 9 heteroatoms. The fourth-order valence-electron chi connectivity index (χ4n) is 5.91. The van der Waals surface area contributed by atoms with Gasteiger partial charge < -0.3 is 16.6 Å². The Morgan fingerprint density at radius 2 is 1.74 bits per heavy atom. The van der Waals surface area contributed by atoms with E-state index >= 15 is 0 Å². The van der Waals surface area contributed by atoms with E-state index in [0.717, 1.165) is 69.4 Å². The number of likely N-dealkylation sites (tertiary alicyclic amines) is 1. The van der Waals surface area contributed by atoms with E-state index in [0.29, 0.717) is 12.5 Å². The van der Waals surface area contributed by atoms with E-state index in [-0.39, 0.29) is 35.5 Å². The molecule has 1 atom stereocenters. The van der Waals surface area contributed by atoms with Crippen molar-refractivity contribution in [2.45, 2.75) is 82.9 Å². The molecule has 4 rings (SSSR count). The molecule has 2 heterocycles. The topological polar surface area (TPSA) is 133 Å². The van der Waals surface area contributed by atoms with Crippen LogP contribution in [0.1, 0.15) is 64.7 Å². The van der Waals surface area contributed by atoms with Crippen LogP contribution in [-0.2, 0) is 9.59 Å². The van der Waals surface area contributed by atoms with Gasteiger partial charge in [0.2, 0.25) is 0 Å². The maximum Gasteiger partial charge on any atom is 0.334 e. The number of amides is 4. The Morgan fingerprint density at radius 3 is 2.29 bits per heavy atom. The van der Waals surface area contributed by atoms with Crippen LogP contribution in [0.15, 0.2) is 11.4 Å². The molecular weight excluding hydrogens is 398 g/mol. The van der Waals surface area contributed by atoms with Crippen molar-refractivity contribution in [1.29, 1.82) is 0 Å². The predicted molar refractivity (Wildman–Crippen MR) is 114 cm³/mol. The van der Waals surface area contributed by atoms with E-state index in [1.54, 1.807) is 0 Å². The van der Waals surface area contributed by atoms with Crippen molar-refractivity contribution in [2.75, 3.05) is 19.6 Å². The average Bonchev–Trinajstić information content (AvgIpc) is 3.12. The van der Waals surface area contributed by atoms with Crippen LogP contribution in [0.2, 0.25) is 0 Å². The van der Waals surface area contributed by atoms with Crippen molar-refractivity contribution in [3.8, 4) is 0 Å². The molecule has 2 aliphatic heterocycles. The van der Waals surface area contributed by atoms with E-state index in [9.17, 15) is 19.5 Å². The molecule has 0 radical (unpaired) electrons. The minimum absolute atomic E-state index is 0.195. The van der Waals surface area contributed by atoms with Crippen LogP contribution < -0.4 is 11.5 Å². The number of aliphatic hydroxyl groups is 1. The molecule has 31 heavy (non-hydrogen) atoms. The first kappa shape index (κ1) is 22.1. The Balaban J connectivity index is 1.42. The summed E-state index contributed by atoms with van der Waals surface area (Å²) in [5.74, 6) is -1.65. The summed E-state index contributed by atoms with van der Waals surface area (Å²) in [6, 6.07) is -0.225. The standard InChI is InChI=1S/C22H35N5O4/c1-2-3-9-26-19(29)17(18(23)24)20(30)27(21(26)31)14-4-7-22(8-5-14)11-15(12-22)25-10-6-16(28)13-25/h14-16,28H,2-13,23-24H2,1H3/t14?,15?,16-,22?/m1/s1. The summed E-state index contributed by atoms with van der Waals surface area (Å²) in [5, 5.41) is 9.79. The number of carbonyl (C=O) groups excluding carboxylic acids is 3. The maximum atomic E-state index is 13.1. The van der Waals surface area contributed by atoms with Crippen molar-refractivity contribution in [2.24, 2.45) is 16.9 Å². The van der Waals surface area contributed by atoms with Crippen LogP contribution in [0.3, 0.4) is 0 Å². The number of rotatable bonds is 5. The minimum Gasteiger partial charge on any atom is -0.392 e. The number of hydrogen-bond donors (Lipinski definition) is 3. The van der Waals surface area contributed by atoms with Crippen LogP contribution in [0, 0.1) is 5.41 Å². The molecule has 0 aromatic rings. The number of carbonyl (C=O) groups is 3. The summed E-state index contributed by atoms with van der Waals surface area (Å²) in [6.07, 6.45) is 7.79. The number of hydrogen-bond acceptors (Lipinski definition) is 7. The molecule has 0 aromatic heterocycles. The van der Waals surface area contributed by atoms with Gasteiger partial charge in [0.05, 0.1) is 6.10 Å². The summed E-state index contributed by atoms with van der Waals surface area (Å²) in [7, 11) is 0. The molecule has 0 unspecified atom stereocenters. The van der Waals surface area contributed by atoms with Crippen molar-refractivity contribution in [3.05, 3.63) is 11.4 Å². The van der Waals surface area contributed by atoms with Gasteiger partial charge in [-0.15, -0.1) is 0 Å². The lowest BCUT2D eigenvalue weighted by molar-refractivity contribution is -0.138. The van der Waals surface area contributed by atoms with Crippen LogP contribution in [0.4, 0.5) is 4.79 Å². The molecule has 1 spiro atoms. The minimum atomic E-state index is -0.679. The first-order valence-electron chi connectivity index (χ1n) is 11.6. The smallest absolute Gasteiger partial charge is 0.334 e. The number of aliphatic hydroxyl groups excluding tert-OH is 1. The van der Waals surface area contributed by atoms with E-state index < -0.39 is 17.8 Å². The van der Waals surface area contributed by atoms with Crippen molar-refractivity contribution in [1.82, 2.24) is 14.7 Å². The highest BCUT2D eigenvalue weighted by molar-refractivity contribution is 6.29. The number of nitrogens with zero attached hydrogens (tertiary/aromatic N) is 3. The number of urea groups is 1. The zero-order valence-corrected chi connectivity index (χ0v) is 18.4. The Kier molecular flexibility index (Phi) is 6.00. The fourth-order valence-corrected chi connectivity index (χ4v) is 5.91. The molecule has 4 amide bonds. The molecule has 9 nitrogen and oxygen atoms in total. The van der Waals surface area contributed by atoms with E-state index in [1.165, 1.54) is 4.90 Å². The number of nitrogens with two attached hydrogens (primary N) is 2. The van der Waals surface area contributed by atoms with Crippen LogP contribution in [0.25, 0.3) is 0 Å². The summed E-state index contributed by atoms with van der Waals surface area (Å²) in [6.45, 7) is 3.98. The molecule has 4 aliphatic rings. The van der Waals surface area contributed by atoms with Gasteiger partial charge in [0, 0.05) is 31.7 Å². The monoisotopic (exact) mass is 433 g/mol. The highest BCUT2D eigenvalue weighted by Gasteiger charge is 2.52. The highest BCUT2D eigenvalue weighted by atomic mass is 16.3. The third kappa shape index (κ3) is 3.93. The van der Waals surface area contributed by atoms with Crippen LogP contribution in [0.5, 0.6) is 0 Å². The van der Waals surface area contributed by atoms with Gasteiger partial charge in [-0.25, -0.2) is 4.79 Å². The Morgan fingerprint density at radius 1 is 1.06 bits per heavy atom. The number of barbiturate groups is 1. The first-order valence-corrected chi connectivity index (χ1v) is 11.6. The Labute approximate surface area is 183 Å². The Bertz CT molecular complexity index is 777. The molecule has 2 saturated heterocycles. The van der Waals surface area contributed by atoms with Gasteiger partial charge in [-0.3, -0.25) is 24.3 Å². The first-order chi connectivity index (χ1) is 14.8. The summed E-state index contributed by atoms with van der Waals surface area (Å²) < 4.78 is 0. The molecule has 172 valence electrons. The van der Waals surface area contributed by atoms with Gasteiger partial charge in [-0.2, -0.15) is 0 Å². The van der Waals surface area contributed by atoms with Crippen molar-refractivity contribution >= 4 is 17.8 Å². The van der Waals surface area contributed by atoms with Gasteiger partial charge >= 0.3 is 6.03 Å². The zero-order valence-electron chi connectivity index (χ0n) is 18.4. The molecule has 4 fully saturated rings. The van der Waals surface area contributed by atoms with Crippen molar-refractivity contribution in [3.63, 3.8) is 0 Å². The molecule has 0 aromatic carbocycles. The molecule has 2 aliphatic carbocycles. The van der Waals surface area contributed by atoms with E-state index in [1.807, 2.05) is 6.92 Å². The van der Waals surface area contributed by atoms with Gasteiger partial charge in [0.25, 0.3) is 11.8 Å². The fraction of sp³-hybridized carbons (Fsp3) is 0.773. The SMILES string of the molecule is CCCCN1C(=O)C(=C(N)N)C(=O)N(C2CCC3(CC2)CC(N2CC[C@@H](O)C2)C3)C1=O. The van der Waals surface area contributed by atoms with Gasteiger partial charge in [-0.05, 0) is 56.8 Å². The maximum absolute atomic E-state index is 13.1. The molecule has 5 N–H and O–H groups in total. The van der Waals surface area contributed by atoms with Crippen molar-refractivity contribution < 1.29 is 19.5 Å². The predicted octanol–water partition coefficient (Wildman–Crippen LogP) is 0.864. The lowest BCUT2D eigenvalue weighted by atomic mass is 9.57. The highest BCUT2D eigenvalue weighted by Crippen LogP contribution is 2.54. The largest absolute Gasteiger partial charge is 0.392 e. The van der Waals surface area contributed by atoms with Gasteiger partial charge in [0.1, 0.15) is 11.4 Å². The lowest BCUT2D eigenvalue weighted by Crippen LogP contribution is -2.61. The quantitative estimate of drug-likeness (QED) is 0.433. The van der Waals surface area contributed by atoms with Gasteiger partial charge in [-0.1, -0.05) is 13.3 Å². The number of β-amino-alcohol motifs (C(OH)–C–C–N with tert-alkyl or cyclic N) is 1. The van der Waals surface area contributed by atoms with E-state index in [4.69, 9.17) is 11.5 Å². The van der Waals surface area contributed by atoms with E-state index in [2.05, 4.69) is 4.90 Å². The second-order valence-corrected chi connectivity index (χ2v) is 9.83. The molecule has 0 bridgehead atoms.